The first kappa shape index (κ1) is 14.9. The van der Waals surface area contributed by atoms with Crippen LogP contribution in [0.15, 0.2) is 5.51 Å². The molecular weight excluding hydrogens is 262 g/mol. The molecule has 1 aromatic heterocycles. The molecule has 1 unspecified atom stereocenters. The molecule has 1 fully saturated rings. The summed E-state index contributed by atoms with van der Waals surface area (Å²) in [5, 5.41) is 13.7. The molecule has 1 aromatic rings. The summed E-state index contributed by atoms with van der Waals surface area (Å²) in [5.74, 6) is 0. The Kier molecular flexibility index (Phi) is 5.29. The van der Waals surface area contributed by atoms with Crippen molar-refractivity contribution in [1.29, 1.82) is 0 Å². The summed E-state index contributed by atoms with van der Waals surface area (Å²) in [6, 6.07) is 0. The lowest BCUT2D eigenvalue weighted by Crippen LogP contribution is -2.50. The van der Waals surface area contributed by atoms with Gasteiger partial charge in [0.2, 0.25) is 0 Å². The first-order chi connectivity index (χ1) is 9.07. The molecule has 2 heterocycles. The van der Waals surface area contributed by atoms with Crippen molar-refractivity contribution in [1.82, 2.24) is 15.2 Å². The van der Waals surface area contributed by atoms with Crippen molar-refractivity contribution in [2.75, 3.05) is 39.4 Å². The van der Waals surface area contributed by atoms with E-state index in [1.807, 2.05) is 19.4 Å². The Balaban J connectivity index is 1.72. The molecule has 19 heavy (non-hydrogen) atoms. The summed E-state index contributed by atoms with van der Waals surface area (Å²) >= 11 is 1.65. The van der Waals surface area contributed by atoms with Crippen molar-refractivity contribution in [3.05, 3.63) is 16.1 Å². The maximum Gasteiger partial charge on any atom is 0.0869 e. The van der Waals surface area contributed by atoms with Gasteiger partial charge in [-0.3, -0.25) is 4.90 Å². The standard InChI is InChI=1S/C13H23N3O2S/c1-11-12(19-10-15-11)7-14-8-13(2,17)9-16-3-5-18-6-4-16/h10,14,17H,3-9H2,1-2H3. The van der Waals surface area contributed by atoms with Gasteiger partial charge in [-0.1, -0.05) is 0 Å². The third kappa shape index (κ3) is 4.81. The highest BCUT2D eigenvalue weighted by molar-refractivity contribution is 7.09. The number of nitrogens with one attached hydrogen (secondary N) is 1. The Morgan fingerprint density at radius 3 is 2.89 bits per heavy atom. The van der Waals surface area contributed by atoms with Crippen molar-refractivity contribution in [3.63, 3.8) is 0 Å². The van der Waals surface area contributed by atoms with Crippen LogP contribution in [0.25, 0.3) is 0 Å². The van der Waals surface area contributed by atoms with Crippen molar-refractivity contribution in [3.8, 4) is 0 Å². The Morgan fingerprint density at radius 1 is 1.53 bits per heavy atom. The second-order valence-electron chi connectivity index (χ2n) is 5.35. The predicted octanol–water partition coefficient (Wildman–Crippen LogP) is 0.624. The lowest BCUT2D eigenvalue weighted by Gasteiger charge is -2.34. The molecule has 1 aliphatic heterocycles. The van der Waals surface area contributed by atoms with E-state index >= 15 is 0 Å². The third-order valence-electron chi connectivity index (χ3n) is 3.30. The normalized spacial score (nSPS) is 20.4. The lowest BCUT2D eigenvalue weighted by molar-refractivity contribution is -0.0219. The van der Waals surface area contributed by atoms with Crippen LogP contribution >= 0.6 is 11.3 Å². The van der Waals surface area contributed by atoms with Gasteiger partial charge in [-0.15, -0.1) is 11.3 Å². The summed E-state index contributed by atoms with van der Waals surface area (Å²) in [5.41, 5.74) is 2.22. The lowest BCUT2D eigenvalue weighted by atomic mass is 10.1. The average molecular weight is 285 g/mol. The number of morpholine rings is 1. The van der Waals surface area contributed by atoms with Crippen molar-refractivity contribution in [2.24, 2.45) is 0 Å². The summed E-state index contributed by atoms with van der Waals surface area (Å²) < 4.78 is 5.31. The summed E-state index contributed by atoms with van der Waals surface area (Å²) in [6.45, 7) is 9.29. The maximum absolute atomic E-state index is 10.4. The van der Waals surface area contributed by atoms with Gasteiger partial charge in [-0.25, -0.2) is 4.98 Å². The molecule has 1 aliphatic rings. The molecule has 2 N–H and O–H groups in total. The van der Waals surface area contributed by atoms with Gasteiger partial charge in [-0.05, 0) is 13.8 Å². The fraction of sp³-hybridized carbons (Fsp3) is 0.769. The van der Waals surface area contributed by atoms with Gasteiger partial charge < -0.3 is 15.2 Å². The molecule has 1 saturated heterocycles. The highest BCUT2D eigenvalue weighted by Crippen LogP contribution is 2.12. The van der Waals surface area contributed by atoms with Gasteiger partial charge in [0.05, 0.1) is 30.0 Å². The molecule has 0 amide bonds. The Bertz CT molecular complexity index is 389. The monoisotopic (exact) mass is 285 g/mol. The van der Waals surface area contributed by atoms with Gasteiger partial charge in [0, 0.05) is 37.6 Å². The number of β-amino-alcohol motifs (C(OH)–C–C–N with tert-alkyl or cyclic N) is 1. The van der Waals surface area contributed by atoms with Gasteiger partial charge in [-0.2, -0.15) is 0 Å². The van der Waals surface area contributed by atoms with E-state index in [0.29, 0.717) is 13.1 Å². The maximum atomic E-state index is 10.4. The van der Waals surface area contributed by atoms with Crippen LogP contribution in [-0.2, 0) is 11.3 Å². The van der Waals surface area contributed by atoms with Crippen LogP contribution in [0.5, 0.6) is 0 Å². The van der Waals surface area contributed by atoms with E-state index in [4.69, 9.17) is 4.74 Å². The van der Waals surface area contributed by atoms with E-state index in [2.05, 4.69) is 15.2 Å². The first-order valence-corrected chi connectivity index (χ1v) is 7.57. The molecule has 1 atom stereocenters. The van der Waals surface area contributed by atoms with Gasteiger partial charge in [0.15, 0.2) is 0 Å². The third-order valence-corrected chi connectivity index (χ3v) is 4.24. The SMILES string of the molecule is Cc1ncsc1CNCC(C)(O)CN1CCOCC1. The molecule has 0 spiro atoms. The highest BCUT2D eigenvalue weighted by atomic mass is 32.1. The Labute approximate surface area is 118 Å². The molecule has 5 nitrogen and oxygen atoms in total. The van der Waals surface area contributed by atoms with Crippen molar-refractivity contribution in [2.45, 2.75) is 26.0 Å². The zero-order valence-corrected chi connectivity index (χ0v) is 12.5. The number of aromatic nitrogens is 1. The fourth-order valence-corrected chi connectivity index (χ4v) is 2.98. The van der Waals surface area contributed by atoms with Crippen LogP contribution in [-0.4, -0.2) is 60.0 Å². The molecule has 108 valence electrons. The number of ether oxygens (including phenoxy) is 1. The van der Waals surface area contributed by atoms with Crippen LogP contribution in [0.2, 0.25) is 0 Å². The summed E-state index contributed by atoms with van der Waals surface area (Å²) in [6.07, 6.45) is 0. The van der Waals surface area contributed by atoms with E-state index in [9.17, 15) is 5.11 Å². The Hall–Kier alpha value is -0.530. The molecular formula is C13H23N3O2S. The number of aryl methyl sites for hydroxylation is 1. The molecule has 0 bridgehead atoms. The molecule has 0 aromatic carbocycles. The van der Waals surface area contributed by atoms with Crippen LogP contribution in [0.1, 0.15) is 17.5 Å². The quantitative estimate of drug-likeness (QED) is 0.803. The van der Waals surface area contributed by atoms with E-state index in [1.54, 1.807) is 11.3 Å². The zero-order chi connectivity index (χ0) is 13.7. The number of thiazole rings is 1. The molecule has 0 aliphatic carbocycles. The van der Waals surface area contributed by atoms with E-state index in [1.165, 1.54) is 4.88 Å². The minimum absolute atomic E-state index is 0.585. The minimum atomic E-state index is -0.712. The minimum Gasteiger partial charge on any atom is -0.388 e. The van der Waals surface area contributed by atoms with E-state index in [-0.39, 0.29) is 0 Å². The number of hydrogen-bond acceptors (Lipinski definition) is 6. The predicted molar refractivity (Wildman–Crippen MR) is 76.4 cm³/mol. The van der Waals surface area contributed by atoms with Crippen LogP contribution in [0.3, 0.4) is 0 Å². The second kappa shape index (κ2) is 6.76. The van der Waals surface area contributed by atoms with E-state index < -0.39 is 5.60 Å². The number of nitrogens with zero attached hydrogens (tertiary/aromatic N) is 2. The van der Waals surface area contributed by atoms with Crippen molar-refractivity contribution >= 4 is 11.3 Å². The topological polar surface area (TPSA) is 57.6 Å². The number of rotatable bonds is 6. The molecule has 6 heteroatoms. The molecule has 0 radical (unpaired) electrons. The van der Waals surface area contributed by atoms with Gasteiger partial charge in [0.25, 0.3) is 0 Å². The van der Waals surface area contributed by atoms with Crippen molar-refractivity contribution < 1.29 is 9.84 Å². The highest BCUT2D eigenvalue weighted by Gasteiger charge is 2.24. The zero-order valence-electron chi connectivity index (χ0n) is 11.7. The van der Waals surface area contributed by atoms with Crippen LogP contribution in [0.4, 0.5) is 0 Å². The number of aliphatic hydroxyl groups is 1. The average Bonchev–Trinajstić information content (AvgIpc) is 2.76. The van der Waals surface area contributed by atoms with Gasteiger partial charge in [0.1, 0.15) is 0 Å². The summed E-state index contributed by atoms with van der Waals surface area (Å²) in [4.78, 5) is 7.71. The molecule has 2 rings (SSSR count). The fourth-order valence-electron chi connectivity index (χ4n) is 2.24. The largest absolute Gasteiger partial charge is 0.388 e. The number of hydrogen-bond donors (Lipinski definition) is 2. The second-order valence-corrected chi connectivity index (χ2v) is 6.29. The van der Waals surface area contributed by atoms with Gasteiger partial charge >= 0.3 is 0 Å². The molecule has 0 saturated carbocycles. The van der Waals surface area contributed by atoms with E-state index in [0.717, 1.165) is 38.5 Å². The van der Waals surface area contributed by atoms with Crippen LogP contribution < -0.4 is 5.32 Å². The summed E-state index contributed by atoms with van der Waals surface area (Å²) in [7, 11) is 0. The first-order valence-electron chi connectivity index (χ1n) is 6.69. The van der Waals surface area contributed by atoms with Crippen LogP contribution in [0, 0.1) is 6.92 Å². The smallest absolute Gasteiger partial charge is 0.0869 e. The Morgan fingerprint density at radius 2 is 2.26 bits per heavy atom.